The van der Waals surface area contributed by atoms with Gasteiger partial charge in [0, 0.05) is 13.0 Å². The Morgan fingerprint density at radius 3 is 2.76 bits per heavy atom. The third-order valence-electron chi connectivity index (χ3n) is 2.54. The van der Waals surface area contributed by atoms with E-state index in [9.17, 15) is 0 Å². The number of aryl methyl sites for hydroxylation is 2. The van der Waals surface area contributed by atoms with Gasteiger partial charge in [-0.05, 0) is 24.2 Å². The van der Waals surface area contributed by atoms with Crippen LogP contribution in [0.2, 0.25) is 0 Å². The maximum atomic E-state index is 4.32. The average Bonchev–Trinajstić information content (AvgIpc) is 2.83. The average molecular weight is 231 g/mol. The van der Waals surface area contributed by atoms with Crippen LogP contribution < -0.4 is 5.32 Å². The zero-order valence-electron chi connectivity index (χ0n) is 10.0. The van der Waals surface area contributed by atoms with Gasteiger partial charge >= 0.3 is 0 Å². The molecule has 1 heterocycles. The highest BCUT2D eigenvalue weighted by atomic mass is 15.6. The van der Waals surface area contributed by atoms with E-state index in [1.807, 2.05) is 25.2 Å². The molecular formula is C12H17N5. The summed E-state index contributed by atoms with van der Waals surface area (Å²) < 4.78 is 0. The van der Waals surface area contributed by atoms with Crippen LogP contribution in [0, 0.1) is 0 Å². The van der Waals surface area contributed by atoms with Crippen LogP contribution >= 0.6 is 0 Å². The maximum absolute atomic E-state index is 4.32. The van der Waals surface area contributed by atoms with E-state index < -0.39 is 0 Å². The Bertz CT molecular complexity index is 437. The zero-order valence-corrected chi connectivity index (χ0v) is 10.0. The smallest absolute Gasteiger partial charge is 0.175 e. The van der Waals surface area contributed by atoms with Crippen molar-refractivity contribution in [2.75, 3.05) is 13.6 Å². The number of rotatable bonds is 6. The van der Waals surface area contributed by atoms with Gasteiger partial charge in [-0.3, -0.25) is 0 Å². The summed E-state index contributed by atoms with van der Waals surface area (Å²) in [4.78, 5) is 1.64. The van der Waals surface area contributed by atoms with E-state index in [0.29, 0.717) is 0 Å². The van der Waals surface area contributed by atoms with Crippen molar-refractivity contribution in [3.63, 3.8) is 0 Å². The monoisotopic (exact) mass is 231 g/mol. The molecule has 90 valence electrons. The predicted octanol–water partition coefficient (Wildman–Crippen LogP) is 0.678. The van der Waals surface area contributed by atoms with Gasteiger partial charge in [-0.25, -0.2) is 0 Å². The molecule has 0 unspecified atom stereocenters. The lowest BCUT2D eigenvalue weighted by Gasteiger charge is -1.97. The first-order valence-corrected chi connectivity index (χ1v) is 5.83. The number of likely N-dealkylation sites (N-methyl/N-ethyl adjacent to an activating group) is 1. The molecule has 5 heteroatoms. The number of hydrogen-bond acceptors (Lipinski definition) is 4. The molecule has 0 radical (unpaired) electrons. The number of tetrazole rings is 1. The Balaban J connectivity index is 1.85. The lowest BCUT2D eigenvalue weighted by molar-refractivity contribution is 0.505. The quantitative estimate of drug-likeness (QED) is 0.794. The molecule has 0 saturated heterocycles. The number of benzene rings is 1. The van der Waals surface area contributed by atoms with Gasteiger partial charge in [-0.1, -0.05) is 30.3 Å². The maximum Gasteiger partial charge on any atom is 0.175 e. The van der Waals surface area contributed by atoms with Gasteiger partial charge in [0.15, 0.2) is 5.82 Å². The van der Waals surface area contributed by atoms with Crippen molar-refractivity contribution in [1.29, 1.82) is 0 Å². The highest BCUT2D eigenvalue weighted by Gasteiger charge is 2.02. The van der Waals surface area contributed by atoms with E-state index >= 15 is 0 Å². The van der Waals surface area contributed by atoms with Crippen molar-refractivity contribution >= 4 is 0 Å². The molecule has 2 aromatic rings. The number of nitrogens with one attached hydrogen (secondary N) is 1. The summed E-state index contributed by atoms with van der Waals surface area (Å²) in [5.41, 5.74) is 1.30. The Hall–Kier alpha value is -1.75. The number of nitrogens with zero attached hydrogens (tertiary/aromatic N) is 4. The van der Waals surface area contributed by atoms with Gasteiger partial charge in [-0.2, -0.15) is 4.80 Å². The van der Waals surface area contributed by atoms with Gasteiger partial charge in [0.1, 0.15) is 0 Å². The first-order chi connectivity index (χ1) is 8.38. The lowest BCUT2D eigenvalue weighted by atomic mass is 10.1. The van der Waals surface area contributed by atoms with Crippen molar-refractivity contribution < 1.29 is 0 Å². The summed E-state index contributed by atoms with van der Waals surface area (Å²) in [6, 6.07) is 10.4. The van der Waals surface area contributed by atoms with Crippen LogP contribution in [-0.4, -0.2) is 33.8 Å². The molecule has 0 spiro atoms. The first-order valence-electron chi connectivity index (χ1n) is 5.83. The normalized spacial score (nSPS) is 10.6. The second-order valence-corrected chi connectivity index (χ2v) is 3.89. The molecule has 0 aliphatic heterocycles. The van der Waals surface area contributed by atoms with E-state index in [0.717, 1.165) is 31.8 Å². The Kier molecular flexibility index (Phi) is 4.21. The summed E-state index contributed by atoms with van der Waals surface area (Å²) in [5, 5.41) is 15.4. The molecule has 17 heavy (non-hydrogen) atoms. The second kappa shape index (κ2) is 6.10. The summed E-state index contributed by atoms with van der Waals surface area (Å²) >= 11 is 0. The summed E-state index contributed by atoms with van der Waals surface area (Å²) in [6.45, 7) is 1.61. The van der Waals surface area contributed by atoms with Crippen molar-refractivity contribution in [1.82, 2.24) is 25.5 Å². The van der Waals surface area contributed by atoms with Crippen LogP contribution in [0.15, 0.2) is 30.3 Å². The number of hydrogen-bond donors (Lipinski definition) is 1. The largest absolute Gasteiger partial charge is 0.318 e. The van der Waals surface area contributed by atoms with Gasteiger partial charge in [0.2, 0.25) is 0 Å². The van der Waals surface area contributed by atoms with Gasteiger partial charge < -0.3 is 5.32 Å². The molecule has 0 bridgehead atoms. The molecule has 1 N–H and O–H groups in total. The molecule has 0 fully saturated rings. The molecule has 2 rings (SSSR count). The van der Waals surface area contributed by atoms with Crippen LogP contribution in [0.1, 0.15) is 11.4 Å². The van der Waals surface area contributed by atoms with Gasteiger partial charge in [0.05, 0.1) is 6.54 Å². The van der Waals surface area contributed by atoms with Crippen molar-refractivity contribution in [2.45, 2.75) is 19.4 Å². The van der Waals surface area contributed by atoms with Crippen LogP contribution in [0.4, 0.5) is 0 Å². The van der Waals surface area contributed by atoms with Gasteiger partial charge in [0.25, 0.3) is 0 Å². The van der Waals surface area contributed by atoms with E-state index in [1.165, 1.54) is 5.56 Å². The minimum absolute atomic E-state index is 0.759. The highest BCUT2D eigenvalue weighted by molar-refractivity contribution is 5.15. The molecule has 1 aromatic carbocycles. The van der Waals surface area contributed by atoms with E-state index in [2.05, 4.69) is 32.9 Å². The topological polar surface area (TPSA) is 55.6 Å². The second-order valence-electron chi connectivity index (χ2n) is 3.89. The molecule has 1 aromatic heterocycles. The third kappa shape index (κ3) is 3.64. The van der Waals surface area contributed by atoms with Gasteiger partial charge in [-0.15, -0.1) is 10.2 Å². The summed E-state index contributed by atoms with van der Waals surface area (Å²) in [7, 11) is 1.91. The SMILES string of the molecule is CNCCn1nnc(CCc2ccccc2)n1. The standard InChI is InChI=1S/C12H17N5/c1-13-9-10-17-15-12(14-16-17)8-7-11-5-3-2-4-6-11/h2-6,13H,7-10H2,1H3. The van der Waals surface area contributed by atoms with Crippen molar-refractivity contribution in [3.05, 3.63) is 41.7 Å². The molecule has 0 saturated carbocycles. The van der Waals surface area contributed by atoms with Crippen molar-refractivity contribution in [3.8, 4) is 0 Å². The Morgan fingerprint density at radius 2 is 2.00 bits per heavy atom. The van der Waals surface area contributed by atoms with Crippen LogP contribution in [0.3, 0.4) is 0 Å². The summed E-state index contributed by atoms with van der Waals surface area (Å²) in [6.07, 6.45) is 1.79. The summed E-state index contributed by atoms with van der Waals surface area (Å²) in [5.74, 6) is 0.810. The number of aromatic nitrogens is 4. The van der Waals surface area contributed by atoms with E-state index in [4.69, 9.17) is 0 Å². The van der Waals surface area contributed by atoms with E-state index in [-0.39, 0.29) is 0 Å². The lowest BCUT2D eigenvalue weighted by Crippen LogP contribution is -2.16. The third-order valence-corrected chi connectivity index (χ3v) is 2.54. The molecule has 0 aliphatic rings. The molecule has 5 nitrogen and oxygen atoms in total. The fourth-order valence-electron chi connectivity index (χ4n) is 1.58. The molecular weight excluding hydrogens is 214 g/mol. The fraction of sp³-hybridized carbons (Fsp3) is 0.417. The minimum atomic E-state index is 0.759. The fourth-order valence-corrected chi connectivity index (χ4v) is 1.58. The first kappa shape index (κ1) is 11.7. The van der Waals surface area contributed by atoms with Crippen LogP contribution in [0.5, 0.6) is 0 Å². The highest BCUT2D eigenvalue weighted by Crippen LogP contribution is 2.02. The minimum Gasteiger partial charge on any atom is -0.318 e. The predicted molar refractivity (Wildman–Crippen MR) is 65.6 cm³/mol. The molecule has 0 amide bonds. The van der Waals surface area contributed by atoms with Crippen molar-refractivity contribution in [2.24, 2.45) is 0 Å². The van der Waals surface area contributed by atoms with Crippen LogP contribution in [-0.2, 0) is 19.4 Å². The molecule has 0 aliphatic carbocycles. The zero-order chi connectivity index (χ0) is 11.9. The Labute approximate surface area is 101 Å². The van der Waals surface area contributed by atoms with E-state index in [1.54, 1.807) is 4.80 Å². The molecule has 0 atom stereocenters. The van der Waals surface area contributed by atoms with Crippen LogP contribution in [0.25, 0.3) is 0 Å². The Morgan fingerprint density at radius 1 is 1.18 bits per heavy atom.